The molecule has 0 spiro atoms. The highest BCUT2D eigenvalue weighted by Crippen LogP contribution is 2.25. The van der Waals surface area contributed by atoms with Crippen LogP contribution in [0.1, 0.15) is 18.4 Å². The Hall–Kier alpha value is -0.620. The molecule has 0 aromatic heterocycles. The lowest BCUT2D eigenvalue weighted by Gasteiger charge is -2.34. The van der Waals surface area contributed by atoms with Gasteiger partial charge in [0.05, 0.1) is 4.90 Å². The van der Waals surface area contributed by atoms with Crippen molar-refractivity contribution in [1.82, 2.24) is 10.2 Å². The van der Waals surface area contributed by atoms with Crippen molar-refractivity contribution in [3.8, 4) is 0 Å². The number of piperidine rings is 1. The average molecular weight is 331 g/mol. The maximum Gasteiger partial charge on any atom is 0.175 e. The van der Waals surface area contributed by atoms with Gasteiger partial charge in [-0.1, -0.05) is 12.1 Å². The first-order chi connectivity index (χ1) is 9.52. The summed E-state index contributed by atoms with van der Waals surface area (Å²) < 4.78 is 22.9. The van der Waals surface area contributed by atoms with Gasteiger partial charge in [-0.25, -0.2) is 8.42 Å². The minimum atomic E-state index is -3.09. The highest BCUT2D eigenvalue weighted by atomic mass is 35.5. The van der Waals surface area contributed by atoms with Gasteiger partial charge in [-0.05, 0) is 49.5 Å². The molecule has 118 valence electrons. The van der Waals surface area contributed by atoms with Gasteiger partial charge in [-0.15, -0.1) is 12.4 Å². The van der Waals surface area contributed by atoms with Gasteiger partial charge in [0.25, 0.3) is 0 Å². The summed E-state index contributed by atoms with van der Waals surface area (Å²) in [5.41, 5.74) is 1.20. The molecule has 1 aromatic carbocycles. The number of likely N-dealkylation sites (tertiary alicyclic amines) is 1. The van der Waals surface area contributed by atoms with Gasteiger partial charge in [-0.3, -0.25) is 4.90 Å². The van der Waals surface area contributed by atoms with Crippen LogP contribution in [0.3, 0.4) is 0 Å². The summed E-state index contributed by atoms with van der Waals surface area (Å²) in [6.45, 7) is 4.37. The zero-order valence-electron chi connectivity index (χ0n) is 12.3. The molecule has 2 aliphatic heterocycles. The Morgan fingerprint density at radius 1 is 1.24 bits per heavy atom. The zero-order valence-corrected chi connectivity index (χ0v) is 13.9. The highest BCUT2D eigenvalue weighted by molar-refractivity contribution is 7.90. The number of hydrogen-bond acceptors (Lipinski definition) is 4. The van der Waals surface area contributed by atoms with E-state index >= 15 is 0 Å². The molecule has 0 saturated carbocycles. The third-order valence-electron chi connectivity index (χ3n) is 4.50. The van der Waals surface area contributed by atoms with Gasteiger partial charge >= 0.3 is 0 Å². The largest absolute Gasteiger partial charge is 0.314 e. The summed E-state index contributed by atoms with van der Waals surface area (Å²) in [6, 6.07) is 8.03. The van der Waals surface area contributed by atoms with Crippen LogP contribution in [0.2, 0.25) is 0 Å². The van der Waals surface area contributed by atoms with Crippen molar-refractivity contribution in [3.05, 3.63) is 29.8 Å². The fourth-order valence-corrected chi connectivity index (χ4v) is 4.00. The SMILES string of the molecule is CS(=O)(=O)c1ccc(CN2CCC3NCCC3C2)cc1.Cl. The maximum absolute atomic E-state index is 11.4. The first kappa shape index (κ1) is 16.7. The predicted octanol–water partition coefficient (Wildman–Crippen LogP) is 1.70. The molecular weight excluding hydrogens is 308 g/mol. The van der Waals surface area contributed by atoms with Crippen molar-refractivity contribution in [3.63, 3.8) is 0 Å². The summed E-state index contributed by atoms with van der Waals surface area (Å²) in [4.78, 5) is 2.89. The maximum atomic E-state index is 11.4. The van der Waals surface area contributed by atoms with Crippen molar-refractivity contribution in [2.24, 2.45) is 5.92 Å². The van der Waals surface area contributed by atoms with Crippen LogP contribution in [0.4, 0.5) is 0 Å². The summed E-state index contributed by atoms with van der Waals surface area (Å²) in [7, 11) is -3.09. The van der Waals surface area contributed by atoms with Crippen molar-refractivity contribution in [2.45, 2.75) is 30.3 Å². The van der Waals surface area contributed by atoms with Gasteiger partial charge in [0.2, 0.25) is 0 Å². The number of sulfone groups is 1. The molecule has 1 N–H and O–H groups in total. The summed E-state index contributed by atoms with van der Waals surface area (Å²) >= 11 is 0. The molecule has 2 fully saturated rings. The van der Waals surface area contributed by atoms with Crippen LogP contribution >= 0.6 is 12.4 Å². The van der Waals surface area contributed by atoms with E-state index in [0.29, 0.717) is 4.90 Å². The fraction of sp³-hybridized carbons (Fsp3) is 0.600. The lowest BCUT2D eigenvalue weighted by Crippen LogP contribution is -2.43. The van der Waals surface area contributed by atoms with Crippen molar-refractivity contribution < 1.29 is 8.42 Å². The van der Waals surface area contributed by atoms with Crippen LogP contribution in [0, 0.1) is 5.92 Å². The molecule has 0 radical (unpaired) electrons. The van der Waals surface area contributed by atoms with Crippen LogP contribution in [-0.2, 0) is 16.4 Å². The van der Waals surface area contributed by atoms with Crippen LogP contribution < -0.4 is 5.32 Å². The molecule has 1 aromatic rings. The standard InChI is InChI=1S/C15H22N2O2S.ClH/c1-20(18,19)14-4-2-12(3-5-14)10-17-9-7-15-13(11-17)6-8-16-15;/h2-5,13,15-16H,6-11H2,1H3;1H. The molecule has 6 heteroatoms. The molecule has 2 heterocycles. The minimum Gasteiger partial charge on any atom is -0.314 e. The Bertz CT molecular complexity index is 574. The Morgan fingerprint density at radius 3 is 2.62 bits per heavy atom. The molecule has 0 bridgehead atoms. The number of halogens is 1. The van der Waals surface area contributed by atoms with Crippen molar-refractivity contribution in [1.29, 1.82) is 0 Å². The van der Waals surface area contributed by atoms with E-state index in [1.807, 2.05) is 12.1 Å². The van der Waals surface area contributed by atoms with Crippen LogP contribution in [0.5, 0.6) is 0 Å². The second kappa shape index (κ2) is 6.65. The molecular formula is C15H23ClN2O2S. The Labute approximate surface area is 133 Å². The molecule has 21 heavy (non-hydrogen) atoms. The molecule has 0 amide bonds. The molecule has 2 saturated heterocycles. The third kappa shape index (κ3) is 3.97. The molecule has 2 aliphatic rings. The van der Waals surface area contributed by atoms with E-state index in [0.717, 1.165) is 38.1 Å². The summed E-state index contributed by atoms with van der Waals surface area (Å²) in [5.74, 6) is 0.791. The molecule has 4 nitrogen and oxygen atoms in total. The molecule has 2 atom stereocenters. The van der Waals surface area contributed by atoms with Crippen LogP contribution in [0.25, 0.3) is 0 Å². The Balaban J connectivity index is 0.00000161. The van der Waals surface area contributed by atoms with Crippen molar-refractivity contribution in [2.75, 3.05) is 25.9 Å². The van der Waals surface area contributed by atoms with Gasteiger partial charge in [0.15, 0.2) is 9.84 Å². The van der Waals surface area contributed by atoms with Crippen molar-refractivity contribution >= 4 is 22.2 Å². The van der Waals surface area contributed by atoms with Gasteiger partial charge in [-0.2, -0.15) is 0 Å². The second-order valence-corrected chi connectivity index (χ2v) is 8.07. The molecule has 2 unspecified atom stereocenters. The van der Waals surface area contributed by atoms with Crippen LogP contribution in [0.15, 0.2) is 29.2 Å². The zero-order chi connectivity index (χ0) is 14.2. The monoisotopic (exact) mass is 330 g/mol. The quantitative estimate of drug-likeness (QED) is 0.916. The van der Waals surface area contributed by atoms with Gasteiger partial charge in [0, 0.05) is 25.4 Å². The van der Waals surface area contributed by atoms with E-state index in [4.69, 9.17) is 0 Å². The van der Waals surface area contributed by atoms with E-state index in [1.54, 1.807) is 12.1 Å². The number of rotatable bonds is 3. The summed E-state index contributed by atoms with van der Waals surface area (Å²) in [6.07, 6.45) is 3.76. The lowest BCUT2D eigenvalue weighted by atomic mass is 9.93. The van der Waals surface area contributed by atoms with E-state index < -0.39 is 9.84 Å². The van der Waals surface area contributed by atoms with Crippen LogP contribution in [-0.4, -0.2) is 45.2 Å². The third-order valence-corrected chi connectivity index (χ3v) is 5.63. The number of nitrogens with zero attached hydrogens (tertiary/aromatic N) is 1. The number of hydrogen-bond donors (Lipinski definition) is 1. The lowest BCUT2D eigenvalue weighted by molar-refractivity contribution is 0.156. The number of fused-ring (bicyclic) bond motifs is 1. The predicted molar refractivity (Wildman–Crippen MR) is 86.6 cm³/mol. The Morgan fingerprint density at radius 2 is 1.95 bits per heavy atom. The van der Waals surface area contributed by atoms with Gasteiger partial charge < -0.3 is 5.32 Å². The summed E-state index contributed by atoms with van der Waals surface area (Å²) in [5, 5.41) is 3.57. The van der Waals surface area contributed by atoms with Gasteiger partial charge in [0.1, 0.15) is 0 Å². The number of nitrogens with one attached hydrogen (secondary N) is 1. The Kier molecular flexibility index (Phi) is 5.30. The van der Waals surface area contributed by atoms with E-state index in [9.17, 15) is 8.42 Å². The normalized spacial score (nSPS) is 26.1. The topological polar surface area (TPSA) is 49.4 Å². The van der Waals surface area contributed by atoms with E-state index in [1.165, 1.54) is 24.7 Å². The number of benzene rings is 1. The molecule has 3 rings (SSSR count). The highest BCUT2D eigenvalue weighted by Gasteiger charge is 2.32. The second-order valence-electron chi connectivity index (χ2n) is 6.05. The average Bonchev–Trinajstić information content (AvgIpc) is 2.86. The fourth-order valence-electron chi connectivity index (χ4n) is 3.37. The minimum absolute atomic E-state index is 0. The molecule has 0 aliphatic carbocycles. The van der Waals surface area contributed by atoms with E-state index in [-0.39, 0.29) is 12.4 Å². The first-order valence-electron chi connectivity index (χ1n) is 7.27. The first-order valence-corrected chi connectivity index (χ1v) is 9.16. The van der Waals surface area contributed by atoms with E-state index in [2.05, 4.69) is 10.2 Å². The smallest absolute Gasteiger partial charge is 0.175 e.